The highest BCUT2D eigenvalue weighted by Crippen LogP contribution is 2.24. The maximum absolute atomic E-state index is 12.3. The summed E-state index contributed by atoms with van der Waals surface area (Å²) in [5.74, 6) is 0.652. The molecule has 4 N–H and O–H groups in total. The van der Waals surface area contributed by atoms with E-state index in [4.69, 9.17) is 10.3 Å². The first-order valence-corrected chi connectivity index (χ1v) is 7.59. The minimum Gasteiger partial charge on any atom is -0.399 e. The lowest BCUT2D eigenvalue weighted by molar-refractivity contribution is 0.372. The number of benzene rings is 1. The summed E-state index contributed by atoms with van der Waals surface area (Å²) < 4.78 is 32.0. The summed E-state index contributed by atoms with van der Waals surface area (Å²) >= 11 is 0. The Morgan fingerprint density at radius 1 is 1.43 bits per heavy atom. The Morgan fingerprint density at radius 2 is 2.24 bits per heavy atom. The van der Waals surface area contributed by atoms with Crippen LogP contribution in [0.5, 0.6) is 0 Å². The van der Waals surface area contributed by atoms with Crippen molar-refractivity contribution in [3.8, 4) is 0 Å². The molecule has 0 saturated carbocycles. The molecule has 0 saturated heterocycles. The second-order valence-corrected chi connectivity index (χ2v) is 6.25. The predicted molar refractivity (Wildman–Crippen MR) is 75.8 cm³/mol. The highest BCUT2D eigenvalue weighted by Gasteiger charge is 2.20. The van der Waals surface area contributed by atoms with Gasteiger partial charge in [0.05, 0.1) is 6.54 Å². The molecule has 2 aromatic heterocycles. The number of aryl methyl sites for hydroxylation is 1. The molecule has 0 spiro atoms. The molecule has 3 aromatic rings. The summed E-state index contributed by atoms with van der Waals surface area (Å²) in [7, 11) is -3.71. The summed E-state index contributed by atoms with van der Waals surface area (Å²) in [6.07, 6.45) is 1.42. The van der Waals surface area contributed by atoms with E-state index in [0.717, 1.165) is 0 Å². The molecule has 0 aliphatic heterocycles. The van der Waals surface area contributed by atoms with E-state index in [1.54, 1.807) is 25.1 Å². The van der Waals surface area contributed by atoms with Gasteiger partial charge in [-0.25, -0.2) is 13.1 Å². The van der Waals surface area contributed by atoms with Crippen LogP contribution in [0.15, 0.2) is 33.8 Å². The molecule has 0 atom stereocenters. The van der Waals surface area contributed by atoms with Crippen LogP contribution in [-0.2, 0) is 16.6 Å². The molecule has 0 aliphatic carbocycles. The highest BCUT2D eigenvalue weighted by molar-refractivity contribution is 7.89. The van der Waals surface area contributed by atoms with Gasteiger partial charge in [-0.2, -0.15) is 4.98 Å². The van der Waals surface area contributed by atoms with Crippen molar-refractivity contribution in [1.82, 2.24) is 19.8 Å². The fraction of sp³-hybridized carbons (Fsp3) is 0.167. The lowest BCUT2D eigenvalue weighted by atomic mass is 10.2. The average molecular weight is 307 g/mol. The predicted octanol–water partition coefficient (Wildman–Crippen LogP) is 0.920. The first kappa shape index (κ1) is 13.6. The topological polar surface area (TPSA) is 127 Å². The Kier molecular flexibility index (Phi) is 3.15. The molecule has 0 radical (unpaired) electrons. The number of nitrogen functional groups attached to an aromatic ring is 1. The zero-order valence-electron chi connectivity index (χ0n) is 11.1. The molecule has 110 valence electrons. The Morgan fingerprint density at radius 3 is 2.95 bits per heavy atom. The molecule has 8 nitrogen and oxygen atoms in total. The van der Waals surface area contributed by atoms with Crippen LogP contribution < -0.4 is 10.5 Å². The van der Waals surface area contributed by atoms with Crippen LogP contribution in [0.2, 0.25) is 0 Å². The van der Waals surface area contributed by atoms with Gasteiger partial charge in [0, 0.05) is 22.8 Å². The van der Waals surface area contributed by atoms with Crippen molar-refractivity contribution in [1.29, 1.82) is 0 Å². The van der Waals surface area contributed by atoms with Gasteiger partial charge >= 0.3 is 0 Å². The van der Waals surface area contributed by atoms with Gasteiger partial charge in [-0.3, -0.25) is 0 Å². The fourth-order valence-corrected chi connectivity index (χ4v) is 3.12. The molecule has 9 heteroatoms. The van der Waals surface area contributed by atoms with Crippen LogP contribution in [0.3, 0.4) is 0 Å². The summed E-state index contributed by atoms with van der Waals surface area (Å²) in [4.78, 5) is 6.96. The third-order valence-corrected chi connectivity index (χ3v) is 4.38. The Labute approximate surface area is 120 Å². The second kappa shape index (κ2) is 4.86. The molecule has 0 aliphatic rings. The van der Waals surface area contributed by atoms with Crippen LogP contribution >= 0.6 is 0 Å². The Hall–Kier alpha value is -2.39. The molecule has 3 rings (SSSR count). The van der Waals surface area contributed by atoms with E-state index in [2.05, 4.69) is 19.8 Å². The normalized spacial score (nSPS) is 12.0. The van der Waals surface area contributed by atoms with E-state index in [9.17, 15) is 8.42 Å². The molecule has 0 bridgehead atoms. The van der Waals surface area contributed by atoms with Crippen LogP contribution in [-0.4, -0.2) is 23.5 Å². The standard InChI is InChI=1S/C12H13N5O3S/c1-7-16-12(20-17-7)6-15-21(18,19)11-5-14-10-3-2-8(13)4-9(10)11/h2-5,14-15H,6,13H2,1H3. The number of rotatable bonds is 4. The number of nitrogens with two attached hydrogens (primary N) is 1. The minimum atomic E-state index is -3.71. The van der Waals surface area contributed by atoms with Gasteiger partial charge in [0.1, 0.15) is 4.90 Å². The van der Waals surface area contributed by atoms with Crippen molar-refractivity contribution >= 4 is 26.6 Å². The van der Waals surface area contributed by atoms with E-state index in [1.165, 1.54) is 6.20 Å². The molecule has 2 heterocycles. The number of H-pyrrole nitrogens is 1. The maximum Gasteiger partial charge on any atom is 0.243 e. The van der Waals surface area contributed by atoms with Gasteiger partial charge in [0.15, 0.2) is 5.82 Å². The number of fused-ring (bicyclic) bond motifs is 1. The van der Waals surface area contributed by atoms with Gasteiger partial charge in [0.25, 0.3) is 0 Å². The average Bonchev–Trinajstić information content (AvgIpc) is 3.02. The van der Waals surface area contributed by atoms with Gasteiger partial charge in [0.2, 0.25) is 15.9 Å². The van der Waals surface area contributed by atoms with E-state index >= 15 is 0 Å². The van der Waals surface area contributed by atoms with Crippen LogP contribution in [0.25, 0.3) is 10.9 Å². The summed E-state index contributed by atoms with van der Waals surface area (Å²) in [5.41, 5.74) is 6.89. The van der Waals surface area contributed by atoms with Crippen molar-refractivity contribution in [2.24, 2.45) is 0 Å². The lowest BCUT2D eigenvalue weighted by Gasteiger charge is -2.03. The maximum atomic E-state index is 12.3. The molecule has 0 amide bonds. The number of sulfonamides is 1. The first-order valence-electron chi connectivity index (χ1n) is 6.11. The Bertz CT molecular complexity index is 897. The highest BCUT2D eigenvalue weighted by atomic mass is 32.2. The number of aromatic nitrogens is 3. The molecule has 21 heavy (non-hydrogen) atoms. The summed E-state index contributed by atoms with van der Waals surface area (Å²) in [5, 5.41) is 4.13. The number of nitrogens with one attached hydrogen (secondary N) is 2. The van der Waals surface area contributed by atoms with E-state index in [1.807, 2.05) is 0 Å². The van der Waals surface area contributed by atoms with Crippen LogP contribution in [0.4, 0.5) is 5.69 Å². The van der Waals surface area contributed by atoms with Gasteiger partial charge < -0.3 is 15.2 Å². The second-order valence-electron chi connectivity index (χ2n) is 4.52. The van der Waals surface area contributed by atoms with Crippen LogP contribution in [0.1, 0.15) is 11.7 Å². The molecule has 0 unspecified atom stereocenters. The Balaban J connectivity index is 1.91. The van der Waals surface area contributed by atoms with Gasteiger partial charge in [-0.1, -0.05) is 5.16 Å². The number of hydrogen-bond acceptors (Lipinski definition) is 6. The van der Waals surface area contributed by atoms with E-state index in [0.29, 0.717) is 22.4 Å². The number of hydrogen-bond donors (Lipinski definition) is 3. The van der Waals surface area contributed by atoms with Crippen molar-refractivity contribution < 1.29 is 12.9 Å². The van der Waals surface area contributed by atoms with E-state index in [-0.39, 0.29) is 17.3 Å². The number of aromatic amines is 1. The van der Waals surface area contributed by atoms with Crippen molar-refractivity contribution in [2.45, 2.75) is 18.4 Å². The van der Waals surface area contributed by atoms with Crippen molar-refractivity contribution in [2.75, 3.05) is 5.73 Å². The summed E-state index contributed by atoms with van der Waals surface area (Å²) in [6.45, 7) is 1.59. The van der Waals surface area contributed by atoms with Crippen LogP contribution in [0, 0.1) is 6.92 Å². The number of nitrogens with zero attached hydrogens (tertiary/aromatic N) is 2. The molecule has 1 aromatic carbocycles. The van der Waals surface area contributed by atoms with Crippen molar-refractivity contribution in [3.63, 3.8) is 0 Å². The smallest absolute Gasteiger partial charge is 0.243 e. The number of anilines is 1. The minimum absolute atomic E-state index is 0.0713. The molecular weight excluding hydrogens is 294 g/mol. The van der Waals surface area contributed by atoms with E-state index < -0.39 is 10.0 Å². The first-order chi connectivity index (χ1) is 9.95. The fourth-order valence-electron chi connectivity index (χ4n) is 1.98. The largest absolute Gasteiger partial charge is 0.399 e. The zero-order valence-corrected chi connectivity index (χ0v) is 11.9. The lowest BCUT2D eigenvalue weighted by Crippen LogP contribution is -2.23. The monoisotopic (exact) mass is 307 g/mol. The summed E-state index contributed by atoms with van der Waals surface area (Å²) in [6, 6.07) is 5.03. The third kappa shape index (κ3) is 2.60. The van der Waals surface area contributed by atoms with Gasteiger partial charge in [-0.05, 0) is 25.1 Å². The SMILES string of the molecule is Cc1noc(CNS(=O)(=O)c2c[nH]c3ccc(N)cc23)n1. The van der Waals surface area contributed by atoms with Gasteiger partial charge in [-0.15, -0.1) is 0 Å². The molecular formula is C12H13N5O3S. The third-order valence-electron chi connectivity index (χ3n) is 2.94. The van der Waals surface area contributed by atoms with Crippen molar-refractivity contribution in [3.05, 3.63) is 36.1 Å². The molecule has 0 fully saturated rings. The quantitative estimate of drug-likeness (QED) is 0.615. The zero-order chi connectivity index (χ0) is 15.0.